The molecule has 0 spiro atoms. The molecule has 0 saturated heterocycles. The van der Waals surface area contributed by atoms with Crippen LogP contribution in [-0.4, -0.2) is 40.1 Å². The molecule has 1 atom stereocenters. The van der Waals surface area contributed by atoms with Crippen molar-refractivity contribution in [3.63, 3.8) is 0 Å². The van der Waals surface area contributed by atoms with Gasteiger partial charge in [0.25, 0.3) is 5.60 Å². The Bertz CT molecular complexity index is 345. The van der Waals surface area contributed by atoms with E-state index < -0.39 is 35.3 Å². The first-order valence-electron chi connectivity index (χ1n) is 6.15. The number of alkyl halides is 6. The fourth-order valence-corrected chi connectivity index (χ4v) is 1.54. The summed E-state index contributed by atoms with van der Waals surface area (Å²) in [4.78, 5) is 0. The average molecular weight is 326 g/mol. The lowest BCUT2D eigenvalue weighted by Gasteiger charge is -2.46. The lowest BCUT2D eigenvalue weighted by molar-refractivity contribution is -0.425. The van der Waals surface area contributed by atoms with Crippen LogP contribution in [0.25, 0.3) is 0 Å². The Hall–Kier alpha value is -0.540. The average Bonchev–Trinajstić information content (AvgIpc) is 2.23. The Morgan fingerprint density at radius 1 is 0.905 bits per heavy atom. The Labute approximate surface area is 118 Å². The zero-order valence-corrected chi connectivity index (χ0v) is 12.4. The summed E-state index contributed by atoms with van der Waals surface area (Å²) in [5, 5.41) is 19.1. The SMILES string of the molecule is CCC(C)(C)C(O)OC(C)(C)C(O)(C(F)(F)F)C(F)(F)F. The van der Waals surface area contributed by atoms with Crippen molar-refractivity contribution in [2.45, 2.75) is 70.9 Å². The first-order chi connectivity index (χ1) is 8.94. The molecule has 21 heavy (non-hydrogen) atoms. The summed E-state index contributed by atoms with van der Waals surface area (Å²) >= 11 is 0. The van der Waals surface area contributed by atoms with Crippen LogP contribution in [0.4, 0.5) is 26.3 Å². The van der Waals surface area contributed by atoms with E-state index in [0.29, 0.717) is 13.8 Å². The van der Waals surface area contributed by atoms with Crippen LogP contribution in [-0.2, 0) is 4.74 Å². The van der Waals surface area contributed by atoms with Crippen LogP contribution in [0.15, 0.2) is 0 Å². The molecule has 0 saturated carbocycles. The van der Waals surface area contributed by atoms with E-state index in [2.05, 4.69) is 4.74 Å². The maximum absolute atomic E-state index is 12.8. The van der Waals surface area contributed by atoms with Crippen LogP contribution in [0.1, 0.15) is 41.0 Å². The largest absolute Gasteiger partial charge is 0.429 e. The molecule has 128 valence electrons. The third kappa shape index (κ3) is 3.62. The molecule has 0 amide bonds. The first kappa shape index (κ1) is 20.5. The third-order valence-electron chi connectivity index (χ3n) is 3.68. The predicted molar refractivity (Wildman–Crippen MR) is 62.3 cm³/mol. The van der Waals surface area contributed by atoms with Crippen LogP contribution >= 0.6 is 0 Å². The smallest absolute Gasteiger partial charge is 0.371 e. The summed E-state index contributed by atoms with van der Waals surface area (Å²) in [6.07, 6.45) is -13.7. The van der Waals surface area contributed by atoms with Crippen LogP contribution in [0.5, 0.6) is 0 Å². The highest BCUT2D eigenvalue weighted by Crippen LogP contribution is 2.51. The van der Waals surface area contributed by atoms with Gasteiger partial charge in [-0.3, -0.25) is 0 Å². The molecule has 0 heterocycles. The van der Waals surface area contributed by atoms with Gasteiger partial charge in [0, 0.05) is 5.41 Å². The summed E-state index contributed by atoms with van der Waals surface area (Å²) in [6, 6.07) is 0. The molecule has 1 unspecified atom stereocenters. The van der Waals surface area contributed by atoms with Gasteiger partial charge in [0.05, 0.1) is 0 Å². The van der Waals surface area contributed by atoms with E-state index in [1.807, 2.05) is 0 Å². The van der Waals surface area contributed by atoms with Crippen molar-refractivity contribution in [2.24, 2.45) is 5.41 Å². The Morgan fingerprint density at radius 3 is 1.48 bits per heavy atom. The Balaban J connectivity index is 5.73. The fraction of sp³-hybridized carbons (Fsp3) is 1.00. The molecule has 0 radical (unpaired) electrons. The second kappa shape index (κ2) is 5.58. The molecule has 2 N–H and O–H groups in total. The maximum atomic E-state index is 12.8. The number of ether oxygens (including phenoxy) is 1. The minimum atomic E-state index is -6.02. The van der Waals surface area contributed by atoms with Crippen molar-refractivity contribution in [1.29, 1.82) is 0 Å². The molecule has 0 aromatic heterocycles. The van der Waals surface area contributed by atoms with Crippen LogP contribution < -0.4 is 0 Å². The molecule has 9 heteroatoms. The van der Waals surface area contributed by atoms with Crippen molar-refractivity contribution in [2.75, 3.05) is 0 Å². The molecular weight excluding hydrogens is 306 g/mol. The first-order valence-corrected chi connectivity index (χ1v) is 6.15. The van der Waals surface area contributed by atoms with Gasteiger partial charge in [0.1, 0.15) is 5.60 Å². The van der Waals surface area contributed by atoms with Crippen molar-refractivity contribution in [1.82, 2.24) is 0 Å². The van der Waals surface area contributed by atoms with Gasteiger partial charge in [0.2, 0.25) is 0 Å². The molecule has 3 nitrogen and oxygen atoms in total. The summed E-state index contributed by atoms with van der Waals surface area (Å²) in [7, 11) is 0. The number of hydrogen-bond acceptors (Lipinski definition) is 3. The number of aliphatic hydroxyl groups excluding tert-OH is 1. The van der Waals surface area contributed by atoms with E-state index in [1.54, 1.807) is 6.92 Å². The minimum Gasteiger partial charge on any atom is -0.371 e. The number of aliphatic hydroxyl groups is 2. The highest BCUT2D eigenvalue weighted by atomic mass is 19.4. The van der Waals surface area contributed by atoms with Crippen LogP contribution in [0.3, 0.4) is 0 Å². The van der Waals surface area contributed by atoms with E-state index >= 15 is 0 Å². The highest BCUT2D eigenvalue weighted by Gasteiger charge is 2.78. The van der Waals surface area contributed by atoms with Crippen LogP contribution in [0.2, 0.25) is 0 Å². The van der Waals surface area contributed by atoms with Gasteiger partial charge in [-0.25, -0.2) is 0 Å². The van der Waals surface area contributed by atoms with Gasteiger partial charge in [-0.05, 0) is 20.3 Å². The second-order valence-corrected chi connectivity index (χ2v) is 6.03. The molecule has 0 fully saturated rings. The molecule has 0 aliphatic carbocycles. The van der Waals surface area contributed by atoms with E-state index in [1.165, 1.54) is 13.8 Å². The van der Waals surface area contributed by atoms with Crippen molar-refractivity contribution in [3.8, 4) is 0 Å². The lowest BCUT2D eigenvalue weighted by atomic mass is 9.82. The molecule has 0 bridgehead atoms. The van der Waals surface area contributed by atoms with Gasteiger partial charge in [0.15, 0.2) is 6.29 Å². The van der Waals surface area contributed by atoms with Gasteiger partial charge >= 0.3 is 12.4 Å². The normalized spacial score (nSPS) is 17.0. The number of halogens is 6. The summed E-state index contributed by atoms with van der Waals surface area (Å²) in [5.74, 6) is 0. The maximum Gasteiger partial charge on any atom is 0.429 e. The zero-order valence-electron chi connectivity index (χ0n) is 12.4. The molecule has 0 aliphatic rings. The lowest BCUT2D eigenvalue weighted by Crippen LogP contribution is -2.70. The van der Waals surface area contributed by atoms with Gasteiger partial charge in [-0.2, -0.15) is 26.3 Å². The van der Waals surface area contributed by atoms with Crippen molar-refractivity contribution in [3.05, 3.63) is 0 Å². The van der Waals surface area contributed by atoms with Crippen LogP contribution in [0, 0.1) is 5.41 Å². The molecule has 0 aromatic rings. The molecule has 0 aliphatic heterocycles. The van der Waals surface area contributed by atoms with Gasteiger partial charge in [-0.1, -0.05) is 20.8 Å². The fourth-order valence-electron chi connectivity index (χ4n) is 1.54. The van der Waals surface area contributed by atoms with Crippen molar-refractivity contribution >= 4 is 0 Å². The standard InChI is InChI=1S/C12H20F6O3/c1-6-8(2,3)7(19)21-9(4,5)10(20,11(13,14)15)12(16,17)18/h7,19-20H,6H2,1-5H3. The zero-order chi connectivity index (χ0) is 17.5. The molecular formula is C12H20F6O3. The third-order valence-corrected chi connectivity index (χ3v) is 3.68. The molecule has 0 aromatic carbocycles. The summed E-state index contributed by atoms with van der Waals surface area (Å²) in [5.41, 5.74) is -9.34. The van der Waals surface area contributed by atoms with Gasteiger partial charge < -0.3 is 14.9 Å². The highest BCUT2D eigenvalue weighted by molar-refractivity contribution is 5.06. The number of rotatable bonds is 5. The topological polar surface area (TPSA) is 49.7 Å². The predicted octanol–water partition coefficient (Wildman–Crippen LogP) is 3.39. The van der Waals surface area contributed by atoms with E-state index in [-0.39, 0.29) is 6.42 Å². The number of hydrogen-bond donors (Lipinski definition) is 2. The van der Waals surface area contributed by atoms with Gasteiger partial charge in [-0.15, -0.1) is 0 Å². The van der Waals surface area contributed by atoms with E-state index in [9.17, 15) is 36.6 Å². The minimum absolute atomic E-state index is 0.237. The van der Waals surface area contributed by atoms with E-state index in [0.717, 1.165) is 0 Å². The summed E-state index contributed by atoms with van der Waals surface area (Å²) in [6.45, 7) is 5.27. The summed E-state index contributed by atoms with van der Waals surface area (Å²) < 4.78 is 81.3. The monoisotopic (exact) mass is 326 g/mol. The van der Waals surface area contributed by atoms with E-state index in [4.69, 9.17) is 0 Å². The Kier molecular flexibility index (Phi) is 5.44. The Morgan fingerprint density at radius 2 is 1.24 bits per heavy atom. The second-order valence-electron chi connectivity index (χ2n) is 6.03. The quantitative estimate of drug-likeness (QED) is 0.601. The molecule has 0 rings (SSSR count). The van der Waals surface area contributed by atoms with Crippen molar-refractivity contribution < 1.29 is 41.3 Å².